The van der Waals surface area contributed by atoms with E-state index in [2.05, 4.69) is 5.32 Å². The highest BCUT2D eigenvalue weighted by molar-refractivity contribution is 7.80. The Morgan fingerprint density at radius 2 is 2.08 bits per heavy atom. The van der Waals surface area contributed by atoms with E-state index in [1.807, 2.05) is 13.8 Å². The summed E-state index contributed by atoms with van der Waals surface area (Å²) in [4.78, 5) is 13.4. The third-order valence-corrected chi connectivity index (χ3v) is 1.42. The molecule has 5 heteroatoms. The van der Waals surface area contributed by atoms with Gasteiger partial charge in [-0.1, -0.05) is 12.2 Å². The minimum Gasteiger partial charge on any atom is -0.392 e. The number of hydrogen-bond donors (Lipinski definition) is 2. The Hall–Kier alpha value is -0.680. The first-order valence-corrected chi connectivity index (χ1v) is 4.59. The first-order chi connectivity index (χ1) is 5.91. The van der Waals surface area contributed by atoms with Crippen LogP contribution in [0.25, 0.3) is 0 Å². The van der Waals surface area contributed by atoms with Crippen LogP contribution in [0.4, 0.5) is 0 Å². The smallest absolute Gasteiger partial charge is 0.234 e. The van der Waals surface area contributed by atoms with Gasteiger partial charge >= 0.3 is 0 Å². The number of hydrogen-bond acceptors (Lipinski definition) is 3. The maximum atomic E-state index is 11.2. The molecule has 0 saturated heterocycles. The number of thiocarbonyl (C=S) groups is 1. The van der Waals surface area contributed by atoms with Crippen LogP contribution in [-0.2, 0) is 4.79 Å². The highest BCUT2D eigenvalue weighted by Gasteiger charge is 2.07. The molecule has 0 bridgehead atoms. The van der Waals surface area contributed by atoms with E-state index >= 15 is 0 Å². The van der Waals surface area contributed by atoms with Crippen LogP contribution in [0.5, 0.6) is 0 Å². The maximum absolute atomic E-state index is 11.2. The van der Waals surface area contributed by atoms with Crippen molar-refractivity contribution in [3.8, 4) is 0 Å². The topological polar surface area (TPSA) is 58.4 Å². The van der Waals surface area contributed by atoms with Crippen LogP contribution in [0.15, 0.2) is 0 Å². The number of likely N-dealkylation sites (N-methyl/N-ethyl adjacent to an activating group) is 1. The predicted molar refractivity (Wildman–Crippen MR) is 57.6 cm³/mol. The van der Waals surface area contributed by atoms with E-state index in [1.165, 1.54) is 0 Å². The van der Waals surface area contributed by atoms with Gasteiger partial charge < -0.3 is 11.1 Å². The van der Waals surface area contributed by atoms with Crippen molar-refractivity contribution in [3.63, 3.8) is 0 Å². The molecule has 0 aromatic rings. The average molecular weight is 203 g/mol. The lowest BCUT2D eigenvalue weighted by Crippen LogP contribution is -2.41. The lowest BCUT2D eigenvalue weighted by molar-refractivity contribution is -0.122. The zero-order chi connectivity index (χ0) is 10.4. The monoisotopic (exact) mass is 203 g/mol. The van der Waals surface area contributed by atoms with E-state index < -0.39 is 0 Å². The number of nitrogens with two attached hydrogens (primary N) is 1. The maximum Gasteiger partial charge on any atom is 0.234 e. The summed E-state index contributed by atoms with van der Waals surface area (Å²) >= 11 is 4.72. The van der Waals surface area contributed by atoms with Gasteiger partial charge in [0.2, 0.25) is 5.91 Å². The molecule has 0 aromatic carbocycles. The second-order valence-corrected chi connectivity index (χ2v) is 3.89. The fraction of sp³-hybridized carbons (Fsp3) is 0.750. The molecule has 0 radical (unpaired) electrons. The fourth-order valence-corrected chi connectivity index (χ4v) is 1.16. The molecule has 0 rings (SSSR count). The molecular weight excluding hydrogens is 186 g/mol. The minimum absolute atomic E-state index is 0.00579. The number of rotatable bonds is 5. The van der Waals surface area contributed by atoms with Gasteiger partial charge in [0.1, 0.15) is 0 Å². The fourth-order valence-electron chi connectivity index (χ4n) is 0.935. The van der Waals surface area contributed by atoms with E-state index in [-0.39, 0.29) is 11.9 Å². The molecule has 0 aromatic heterocycles. The molecule has 0 unspecified atom stereocenters. The van der Waals surface area contributed by atoms with Gasteiger partial charge in [-0.25, -0.2) is 0 Å². The van der Waals surface area contributed by atoms with Gasteiger partial charge in [-0.3, -0.25) is 9.69 Å². The number of nitrogens with one attached hydrogen (secondary N) is 1. The van der Waals surface area contributed by atoms with Crippen LogP contribution >= 0.6 is 12.2 Å². The van der Waals surface area contributed by atoms with Gasteiger partial charge in [-0.15, -0.1) is 0 Å². The second-order valence-electron chi connectivity index (χ2n) is 3.36. The molecule has 4 nitrogen and oxygen atoms in total. The van der Waals surface area contributed by atoms with E-state index in [0.717, 1.165) is 0 Å². The first kappa shape index (κ1) is 12.3. The molecule has 0 fully saturated rings. The van der Waals surface area contributed by atoms with Crippen molar-refractivity contribution < 1.29 is 4.79 Å². The molecule has 3 N–H and O–H groups in total. The largest absolute Gasteiger partial charge is 0.392 e. The van der Waals surface area contributed by atoms with E-state index in [0.29, 0.717) is 18.1 Å². The Balaban J connectivity index is 3.71. The first-order valence-electron chi connectivity index (χ1n) is 4.18. The Bertz CT molecular complexity index is 194. The molecule has 0 aliphatic rings. The summed E-state index contributed by atoms with van der Waals surface area (Å²) in [5.41, 5.74) is 5.33. The van der Waals surface area contributed by atoms with Crippen molar-refractivity contribution in [2.75, 3.05) is 20.1 Å². The Kier molecular flexibility index (Phi) is 5.57. The van der Waals surface area contributed by atoms with Gasteiger partial charge in [0.25, 0.3) is 0 Å². The quantitative estimate of drug-likeness (QED) is 0.604. The Morgan fingerprint density at radius 3 is 2.46 bits per heavy atom. The third kappa shape index (κ3) is 7.67. The number of carbonyl (C=O) groups excluding carboxylic acids is 1. The molecule has 0 atom stereocenters. The summed E-state index contributed by atoms with van der Waals surface area (Å²) in [6, 6.07) is 0.172. The lowest BCUT2D eigenvalue weighted by atomic mass is 10.4. The van der Waals surface area contributed by atoms with Gasteiger partial charge in [-0.05, 0) is 20.9 Å². The molecule has 0 aliphatic heterocycles. The summed E-state index contributed by atoms with van der Waals surface area (Å²) in [6.45, 7) is 4.65. The molecule has 76 valence electrons. The molecule has 13 heavy (non-hydrogen) atoms. The van der Waals surface area contributed by atoms with Crippen molar-refractivity contribution in [2.24, 2.45) is 5.73 Å². The summed E-state index contributed by atoms with van der Waals surface area (Å²) in [7, 11) is 1.80. The van der Waals surface area contributed by atoms with Crippen LogP contribution in [0, 0.1) is 0 Å². The zero-order valence-corrected chi connectivity index (χ0v) is 9.15. The molecule has 0 spiro atoms. The van der Waals surface area contributed by atoms with Crippen LogP contribution in [-0.4, -0.2) is 42.0 Å². The number of nitrogens with zero attached hydrogens (tertiary/aromatic N) is 1. The van der Waals surface area contributed by atoms with Crippen LogP contribution < -0.4 is 11.1 Å². The summed E-state index contributed by atoms with van der Waals surface area (Å²) < 4.78 is 0. The van der Waals surface area contributed by atoms with Gasteiger partial charge in [0.05, 0.1) is 11.5 Å². The van der Waals surface area contributed by atoms with Crippen LogP contribution in [0.2, 0.25) is 0 Å². The van der Waals surface area contributed by atoms with Crippen molar-refractivity contribution in [1.29, 1.82) is 0 Å². The lowest BCUT2D eigenvalue weighted by Gasteiger charge is -2.16. The molecule has 0 heterocycles. The van der Waals surface area contributed by atoms with E-state index in [4.69, 9.17) is 18.0 Å². The highest BCUT2D eigenvalue weighted by atomic mass is 32.1. The van der Waals surface area contributed by atoms with Crippen molar-refractivity contribution in [1.82, 2.24) is 10.2 Å². The summed E-state index contributed by atoms with van der Waals surface area (Å²) in [6.07, 6.45) is 0. The van der Waals surface area contributed by atoms with E-state index in [9.17, 15) is 4.79 Å². The average Bonchev–Trinajstić information content (AvgIpc) is 1.80. The Labute approximate surface area is 84.5 Å². The van der Waals surface area contributed by atoms with E-state index in [1.54, 1.807) is 11.9 Å². The number of carbonyl (C=O) groups is 1. The summed E-state index contributed by atoms with van der Waals surface area (Å²) in [5, 5.41) is 2.78. The van der Waals surface area contributed by atoms with Gasteiger partial charge in [-0.2, -0.15) is 0 Å². The molecular formula is C8H17N3OS. The van der Waals surface area contributed by atoms with Crippen molar-refractivity contribution >= 4 is 23.1 Å². The van der Waals surface area contributed by atoms with Gasteiger partial charge in [0, 0.05) is 12.6 Å². The van der Waals surface area contributed by atoms with Crippen molar-refractivity contribution in [2.45, 2.75) is 19.9 Å². The standard InChI is InChI=1S/C8H17N3OS/c1-6(2)10-8(12)5-11(3)4-7(9)13/h6H,4-5H2,1-3H3,(H2,9,13)(H,10,12). The Morgan fingerprint density at radius 1 is 1.54 bits per heavy atom. The minimum atomic E-state index is -0.00579. The third-order valence-electron chi connectivity index (χ3n) is 1.29. The molecule has 0 saturated carbocycles. The molecule has 0 aliphatic carbocycles. The predicted octanol–water partition coefficient (Wildman–Crippen LogP) is -0.271. The van der Waals surface area contributed by atoms with Crippen LogP contribution in [0.1, 0.15) is 13.8 Å². The van der Waals surface area contributed by atoms with Crippen molar-refractivity contribution in [3.05, 3.63) is 0 Å². The SMILES string of the molecule is CC(C)NC(=O)CN(C)CC(N)=S. The normalized spacial score (nSPS) is 10.5. The molecule has 1 amide bonds. The highest BCUT2D eigenvalue weighted by Crippen LogP contribution is 1.84. The second kappa shape index (κ2) is 5.88. The number of amides is 1. The van der Waals surface area contributed by atoms with Crippen LogP contribution in [0.3, 0.4) is 0 Å². The van der Waals surface area contributed by atoms with Gasteiger partial charge in [0.15, 0.2) is 0 Å². The summed E-state index contributed by atoms with van der Waals surface area (Å²) in [5.74, 6) is -0.00579. The zero-order valence-electron chi connectivity index (χ0n) is 8.33.